The van der Waals surface area contributed by atoms with Crippen LogP contribution in [0, 0.1) is 5.92 Å². The predicted octanol–water partition coefficient (Wildman–Crippen LogP) is 0.768. The van der Waals surface area contributed by atoms with Gasteiger partial charge in [0.2, 0.25) is 6.17 Å². The summed E-state index contributed by atoms with van der Waals surface area (Å²) in [6.45, 7) is 4.30. The van der Waals surface area contributed by atoms with Crippen LogP contribution in [0.5, 0.6) is 0 Å². The van der Waals surface area contributed by atoms with Gasteiger partial charge in [-0.2, -0.15) is 0 Å². The second-order valence-electron chi connectivity index (χ2n) is 3.31. The molecule has 2 atom stereocenters. The molecule has 2 aliphatic rings. The largest absolute Gasteiger partial charge is 0.233 e. The molecule has 3 nitrogen and oxygen atoms in total. The van der Waals surface area contributed by atoms with Crippen LogP contribution in [0.25, 0.3) is 0 Å². The van der Waals surface area contributed by atoms with Gasteiger partial charge in [-0.1, -0.05) is 6.92 Å². The summed E-state index contributed by atoms with van der Waals surface area (Å²) in [6, 6.07) is 0. The zero-order chi connectivity index (χ0) is 6.97. The van der Waals surface area contributed by atoms with Crippen molar-refractivity contribution in [3.05, 3.63) is 0 Å². The van der Waals surface area contributed by atoms with Crippen molar-refractivity contribution < 1.29 is 4.70 Å². The van der Waals surface area contributed by atoms with E-state index in [4.69, 9.17) is 0 Å². The molecule has 0 aromatic heterocycles. The van der Waals surface area contributed by atoms with E-state index < -0.39 is 0 Å². The van der Waals surface area contributed by atoms with Crippen LogP contribution in [0.3, 0.4) is 0 Å². The molecule has 0 spiro atoms. The van der Waals surface area contributed by atoms with Gasteiger partial charge in [-0.15, -0.1) is 4.70 Å². The molecule has 0 radical (unpaired) electrons. The Hall–Kier alpha value is -0.440. The standard InChI is InChI=1S/C7H14N3/c1-6-2-3-10-7(4-6)8-5-9-10/h6-8H,2-5H2,1H3/q+1. The second kappa shape index (κ2) is 2.31. The van der Waals surface area contributed by atoms with Gasteiger partial charge in [0.25, 0.3) is 0 Å². The molecule has 56 valence electrons. The maximum absolute atomic E-state index is 4.31. The highest BCUT2D eigenvalue weighted by atomic mass is 15.4. The third-order valence-electron chi connectivity index (χ3n) is 2.42. The highest BCUT2D eigenvalue weighted by molar-refractivity contribution is 4.66. The zero-order valence-electron chi connectivity index (χ0n) is 6.38. The Morgan fingerprint density at radius 3 is 3.40 bits per heavy atom. The van der Waals surface area contributed by atoms with Crippen LogP contribution in [-0.2, 0) is 0 Å². The highest BCUT2D eigenvalue weighted by Gasteiger charge is 2.33. The number of hydrogen-bond donors (Lipinski definition) is 1. The Labute approximate surface area is 61.1 Å². The lowest BCUT2D eigenvalue weighted by Gasteiger charge is -2.18. The number of piperidine rings is 1. The minimum absolute atomic E-state index is 0.559. The maximum atomic E-state index is 4.31. The fourth-order valence-corrected chi connectivity index (χ4v) is 1.72. The number of fused-ring (bicyclic) bond motifs is 1. The summed E-state index contributed by atoms with van der Waals surface area (Å²) < 4.78 is 2.19. The molecule has 1 N–H and O–H groups in total. The van der Waals surface area contributed by atoms with Crippen LogP contribution in [0.2, 0.25) is 0 Å². The normalized spacial score (nSPS) is 39.1. The van der Waals surface area contributed by atoms with E-state index in [1.54, 1.807) is 0 Å². The van der Waals surface area contributed by atoms with E-state index in [0.717, 1.165) is 19.1 Å². The van der Waals surface area contributed by atoms with E-state index in [1.807, 2.05) is 0 Å². The van der Waals surface area contributed by atoms with E-state index >= 15 is 0 Å². The summed E-state index contributed by atoms with van der Waals surface area (Å²) in [5.41, 5.74) is 0. The fraction of sp³-hybridized carbons (Fsp3) is 1.00. The Kier molecular flexibility index (Phi) is 1.45. The van der Waals surface area contributed by atoms with Gasteiger partial charge in [0.15, 0.2) is 13.2 Å². The van der Waals surface area contributed by atoms with Gasteiger partial charge in [-0.3, -0.25) is 0 Å². The first-order valence-corrected chi connectivity index (χ1v) is 4.03. The van der Waals surface area contributed by atoms with Crippen molar-refractivity contribution in [1.29, 1.82) is 0 Å². The van der Waals surface area contributed by atoms with Crippen molar-refractivity contribution in [3.63, 3.8) is 0 Å². The van der Waals surface area contributed by atoms with E-state index in [9.17, 15) is 0 Å². The summed E-state index contributed by atoms with van der Waals surface area (Å²) in [6.07, 6.45) is 3.13. The number of hydrogen-bond acceptors (Lipinski definition) is 2. The van der Waals surface area contributed by atoms with Crippen molar-refractivity contribution in [2.75, 3.05) is 13.2 Å². The molecule has 2 aliphatic heterocycles. The van der Waals surface area contributed by atoms with Gasteiger partial charge in [-0.25, -0.2) is 5.32 Å². The summed E-state index contributed by atoms with van der Waals surface area (Å²) in [4.78, 5) is 0. The number of azo groups is 2. The molecule has 0 aromatic rings. The molecule has 2 unspecified atom stereocenters. The molecule has 0 aliphatic carbocycles. The summed E-state index contributed by atoms with van der Waals surface area (Å²) in [7, 11) is 0. The zero-order valence-corrected chi connectivity index (χ0v) is 6.38. The Bertz CT molecular complexity index is 164. The first kappa shape index (κ1) is 6.28. The molecule has 2 heterocycles. The third-order valence-corrected chi connectivity index (χ3v) is 2.42. The lowest BCUT2D eigenvalue weighted by Crippen LogP contribution is -2.38. The average Bonchev–Trinajstić information content (AvgIpc) is 2.33. The molecule has 1 fully saturated rings. The predicted molar refractivity (Wildman–Crippen MR) is 37.7 cm³/mol. The van der Waals surface area contributed by atoms with Gasteiger partial charge in [0.05, 0.1) is 0 Å². The van der Waals surface area contributed by atoms with Crippen LogP contribution < -0.4 is 5.32 Å². The minimum Gasteiger partial charge on any atom is -0.232 e. The second-order valence-corrected chi connectivity index (χ2v) is 3.31. The molecule has 10 heavy (non-hydrogen) atoms. The fourth-order valence-electron chi connectivity index (χ4n) is 1.72. The molecule has 0 amide bonds. The molecular formula is C7H14N3+. The van der Waals surface area contributed by atoms with Crippen molar-refractivity contribution in [2.24, 2.45) is 11.0 Å². The van der Waals surface area contributed by atoms with Crippen molar-refractivity contribution >= 4 is 0 Å². The van der Waals surface area contributed by atoms with E-state index in [2.05, 4.69) is 22.1 Å². The van der Waals surface area contributed by atoms with Crippen LogP contribution in [0.15, 0.2) is 5.11 Å². The molecule has 0 bridgehead atoms. The highest BCUT2D eigenvalue weighted by Crippen LogP contribution is 2.19. The summed E-state index contributed by atoms with van der Waals surface area (Å²) >= 11 is 0. The van der Waals surface area contributed by atoms with E-state index in [1.165, 1.54) is 12.8 Å². The van der Waals surface area contributed by atoms with Crippen molar-refractivity contribution in [2.45, 2.75) is 25.9 Å². The Morgan fingerprint density at radius 1 is 1.60 bits per heavy atom. The van der Waals surface area contributed by atoms with Gasteiger partial charge < -0.3 is 0 Å². The first-order valence-electron chi connectivity index (χ1n) is 4.03. The van der Waals surface area contributed by atoms with Gasteiger partial charge in [0, 0.05) is 12.8 Å². The molecule has 0 saturated carbocycles. The lowest BCUT2D eigenvalue weighted by molar-refractivity contribution is -0.629. The van der Waals surface area contributed by atoms with E-state index in [0.29, 0.717) is 6.17 Å². The summed E-state index contributed by atoms with van der Waals surface area (Å²) in [5.74, 6) is 0.877. The molecule has 2 rings (SSSR count). The van der Waals surface area contributed by atoms with Gasteiger partial charge >= 0.3 is 0 Å². The quantitative estimate of drug-likeness (QED) is 0.494. The van der Waals surface area contributed by atoms with Crippen LogP contribution in [0.1, 0.15) is 19.8 Å². The van der Waals surface area contributed by atoms with Crippen LogP contribution >= 0.6 is 0 Å². The van der Waals surface area contributed by atoms with E-state index in [-0.39, 0.29) is 0 Å². The molecule has 0 aromatic carbocycles. The Balaban J connectivity index is 2.06. The number of nitrogens with one attached hydrogen (secondary N) is 1. The third kappa shape index (κ3) is 0.944. The lowest BCUT2D eigenvalue weighted by atomic mass is 9.98. The smallest absolute Gasteiger partial charge is 0.232 e. The van der Waals surface area contributed by atoms with Crippen molar-refractivity contribution in [3.8, 4) is 0 Å². The topological polar surface area (TPSA) is 27.4 Å². The number of nitrogens with zero attached hydrogens (tertiary/aromatic N) is 2. The van der Waals surface area contributed by atoms with Gasteiger partial charge in [-0.05, 0) is 11.0 Å². The minimum atomic E-state index is 0.559. The average molecular weight is 140 g/mol. The monoisotopic (exact) mass is 140 g/mol. The molecule has 3 heteroatoms. The SMILES string of the molecule is CC1CC[N+]2=NCNC2C1. The number of rotatable bonds is 0. The molecule has 1 saturated heterocycles. The molecular weight excluding hydrogens is 126 g/mol. The van der Waals surface area contributed by atoms with Crippen LogP contribution in [0.4, 0.5) is 0 Å². The Morgan fingerprint density at radius 2 is 2.50 bits per heavy atom. The maximum Gasteiger partial charge on any atom is 0.233 e. The van der Waals surface area contributed by atoms with Crippen molar-refractivity contribution in [1.82, 2.24) is 5.32 Å². The first-order chi connectivity index (χ1) is 4.86. The van der Waals surface area contributed by atoms with Crippen LogP contribution in [-0.4, -0.2) is 24.1 Å². The summed E-state index contributed by atoms with van der Waals surface area (Å²) in [5, 5.41) is 7.66. The van der Waals surface area contributed by atoms with Gasteiger partial charge in [0.1, 0.15) is 0 Å².